The van der Waals surface area contributed by atoms with Gasteiger partial charge in [-0.15, -0.1) is 11.3 Å². The topological polar surface area (TPSA) is 4.93 Å². The van der Waals surface area contributed by atoms with Crippen molar-refractivity contribution in [3.8, 4) is 16.8 Å². The number of aromatic nitrogens is 1. The Morgan fingerprint density at radius 2 is 1.40 bits per heavy atom. The van der Waals surface area contributed by atoms with Gasteiger partial charge >= 0.3 is 0 Å². The molecule has 0 bridgehead atoms. The van der Waals surface area contributed by atoms with E-state index in [4.69, 9.17) is 0 Å². The summed E-state index contributed by atoms with van der Waals surface area (Å²) in [7, 11) is 0. The maximum atomic E-state index is 2.46. The van der Waals surface area contributed by atoms with E-state index in [2.05, 4.69) is 133 Å². The monoisotopic (exact) mass is 465 g/mol. The summed E-state index contributed by atoms with van der Waals surface area (Å²) in [5.74, 6) is 0. The van der Waals surface area contributed by atoms with E-state index in [1.54, 1.807) is 0 Å². The largest absolute Gasteiger partial charge is 0.309 e. The van der Waals surface area contributed by atoms with E-state index >= 15 is 0 Å². The zero-order valence-corrected chi connectivity index (χ0v) is 20.2. The molecule has 1 nitrogen and oxygen atoms in total. The molecule has 2 heterocycles. The minimum atomic E-state index is 1.19. The maximum Gasteiger partial charge on any atom is 0.0634 e. The number of thiophene rings is 1. The molecule has 0 saturated carbocycles. The van der Waals surface area contributed by atoms with Gasteiger partial charge in [-0.25, -0.2) is 0 Å². The molecule has 0 unspecified atom stereocenters. The highest BCUT2D eigenvalue weighted by Crippen LogP contribution is 2.45. The van der Waals surface area contributed by atoms with Crippen LogP contribution in [0.25, 0.3) is 64.9 Å². The van der Waals surface area contributed by atoms with Crippen LogP contribution in [-0.2, 0) is 0 Å². The summed E-state index contributed by atoms with van der Waals surface area (Å²) in [6, 6.07) is 39.6. The molecule has 7 aromatic rings. The lowest BCUT2D eigenvalue weighted by Crippen LogP contribution is -1.94. The average Bonchev–Trinajstić information content (AvgIpc) is 3.46. The Hall–Kier alpha value is -4.14. The molecule has 0 radical (unpaired) electrons. The molecule has 166 valence electrons. The molecule has 5 aromatic carbocycles. The SMILES string of the molecule is C/C=C/c1cc2c3cc(-c4ccccc4)ccc3n(-c3ccccc3)c2c2c1sc1ccccc12. The zero-order valence-electron chi connectivity index (χ0n) is 19.4. The summed E-state index contributed by atoms with van der Waals surface area (Å²) in [4.78, 5) is 0. The van der Waals surface area contributed by atoms with Gasteiger partial charge in [0.15, 0.2) is 0 Å². The van der Waals surface area contributed by atoms with Gasteiger partial charge in [-0.1, -0.05) is 84.9 Å². The Labute approximate surface area is 208 Å². The predicted octanol–water partition coefficient (Wildman–Crippen LogP) is 9.85. The molecular weight excluding hydrogens is 442 g/mol. The van der Waals surface area contributed by atoms with Crippen molar-refractivity contribution in [3.63, 3.8) is 0 Å². The Bertz CT molecular complexity index is 1890. The Morgan fingerprint density at radius 1 is 0.657 bits per heavy atom. The second-order valence-electron chi connectivity index (χ2n) is 8.93. The lowest BCUT2D eigenvalue weighted by molar-refractivity contribution is 1.19. The maximum absolute atomic E-state index is 2.46. The number of fused-ring (bicyclic) bond motifs is 7. The zero-order chi connectivity index (χ0) is 23.4. The van der Waals surface area contributed by atoms with Crippen molar-refractivity contribution < 1.29 is 0 Å². The van der Waals surface area contributed by atoms with Crippen LogP contribution in [0.3, 0.4) is 0 Å². The first-order chi connectivity index (χ1) is 17.3. The number of hydrogen-bond donors (Lipinski definition) is 0. The smallest absolute Gasteiger partial charge is 0.0634 e. The quantitative estimate of drug-likeness (QED) is 0.245. The van der Waals surface area contributed by atoms with E-state index < -0.39 is 0 Å². The molecule has 2 aromatic heterocycles. The summed E-state index contributed by atoms with van der Waals surface area (Å²) in [5.41, 5.74) is 7.49. The van der Waals surface area contributed by atoms with Gasteiger partial charge in [0, 0.05) is 36.6 Å². The second kappa shape index (κ2) is 7.97. The number of nitrogens with zero attached hydrogens (tertiary/aromatic N) is 1. The molecule has 0 saturated heterocycles. The lowest BCUT2D eigenvalue weighted by atomic mass is 10.0. The molecule has 0 fully saturated rings. The van der Waals surface area contributed by atoms with Crippen LogP contribution in [-0.4, -0.2) is 4.57 Å². The molecule has 2 heteroatoms. The van der Waals surface area contributed by atoms with Gasteiger partial charge in [0.05, 0.1) is 11.0 Å². The molecule has 0 aliphatic rings. The van der Waals surface area contributed by atoms with Crippen molar-refractivity contribution in [3.05, 3.63) is 121 Å². The number of benzene rings is 5. The molecule has 0 atom stereocenters. The van der Waals surface area contributed by atoms with E-state index in [0.29, 0.717) is 0 Å². The van der Waals surface area contributed by atoms with Crippen LogP contribution in [0.2, 0.25) is 0 Å². The first-order valence-electron chi connectivity index (χ1n) is 12.0. The second-order valence-corrected chi connectivity index (χ2v) is 9.99. The normalized spacial score (nSPS) is 12.0. The first kappa shape index (κ1) is 20.3. The third-order valence-electron chi connectivity index (χ3n) is 6.87. The number of para-hydroxylation sites is 1. The van der Waals surface area contributed by atoms with Crippen molar-refractivity contribution in [1.82, 2.24) is 4.57 Å². The van der Waals surface area contributed by atoms with Crippen LogP contribution >= 0.6 is 11.3 Å². The Kier molecular flexibility index (Phi) is 4.61. The first-order valence-corrected chi connectivity index (χ1v) is 12.8. The molecule has 35 heavy (non-hydrogen) atoms. The molecule has 0 N–H and O–H groups in total. The molecule has 0 spiro atoms. The molecule has 0 amide bonds. The Balaban J connectivity index is 1.73. The predicted molar refractivity (Wildman–Crippen MR) is 154 cm³/mol. The minimum Gasteiger partial charge on any atom is -0.309 e. The van der Waals surface area contributed by atoms with Crippen LogP contribution in [0.5, 0.6) is 0 Å². The summed E-state index contributed by atoms with van der Waals surface area (Å²) >= 11 is 1.89. The van der Waals surface area contributed by atoms with Crippen LogP contribution in [0, 0.1) is 0 Å². The van der Waals surface area contributed by atoms with Gasteiger partial charge in [-0.3, -0.25) is 0 Å². The van der Waals surface area contributed by atoms with Gasteiger partial charge in [0.2, 0.25) is 0 Å². The van der Waals surface area contributed by atoms with E-state index in [-0.39, 0.29) is 0 Å². The highest BCUT2D eigenvalue weighted by Gasteiger charge is 2.20. The van der Waals surface area contributed by atoms with Crippen LogP contribution < -0.4 is 0 Å². The summed E-state index contributed by atoms with van der Waals surface area (Å²) in [5, 5.41) is 5.25. The van der Waals surface area contributed by atoms with Gasteiger partial charge in [-0.05, 0) is 60.0 Å². The van der Waals surface area contributed by atoms with Crippen molar-refractivity contribution in [2.24, 2.45) is 0 Å². The van der Waals surface area contributed by atoms with Gasteiger partial charge in [-0.2, -0.15) is 0 Å². The average molecular weight is 466 g/mol. The fourth-order valence-electron chi connectivity index (χ4n) is 5.37. The van der Waals surface area contributed by atoms with E-state index in [9.17, 15) is 0 Å². The van der Waals surface area contributed by atoms with E-state index in [1.165, 1.54) is 64.4 Å². The summed E-state index contributed by atoms with van der Waals surface area (Å²) in [6.07, 6.45) is 4.40. The lowest BCUT2D eigenvalue weighted by Gasteiger charge is -2.10. The van der Waals surface area contributed by atoms with Gasteiger partial charge < -0.3 is 4.57 Å². The van der Waals surface area contributed by atoms with E-state index in [0.717, 1.165) is 0 Å². The van der Waals surface area contributed by atoms with E-state index in [1.807, 2.05) is 11.3 Å². The van der Waals surface area contributed by atoms with Crippen molar-refractivity contribution in [2.45, 2.75) is 6.92 Å². The fourth-order valence-corrected chi connectivity index (χ4v) is 6.57. The number of allylic oxidation sites excluding steroid dienone is 1. The highest BCUT2D eigenvalue weighted by atomic mass is 32.1. The standard InChI is InChI=1S/C33H23NS/c1-2-11-24-21-28-27-20-23(22-12-5-3-6-13-22)18-19-29(27)34(25-14-7-4-8-15-25)32(28)31-26-16-9-10-17-30(26)35-33(24)31/h2-21H,1H3/b11-2+. The van der Waals surface area contributed by atoms with Crippen molar-refractivity contribution in [2.75, 3.05) is 0 Å². The van der Waals surface area contributed by atoms with Gasteiger partial charge in [0.25, 0.3) is 0 Å². The van der Waals surface area contributed by atoms with Crippen LogP contribution in [0.1, 0.15) is 12.5 Å². The molecule has 0 aliphatic carbocycles. The third-order valence-corrected chi connectivity index (χ3v) is 8.09. The molecular formula is C33H23NS. The van der Waals surface area contributed by atoms with Crippen LogP contribution in [0.4, 0.5) is 0 Å². The van der Waals surface area contributed by atoms with Gasteiger partial charge in [0.1, 0.15) is 0 Å². The number of hydrogen-bond acceptors (Lipinski definition) is 1. The third kappa shape index (κ3) is 3.07. The summed E-state index contributed by atoms with van der Waals surface area (Å²) < 4.78 is 5.14. The molecule has 0 aliphatic heterocycles. The fraction of sp³-hybridized carbons (Fsp3) is 0.0303. The Morgan fingerprint density at radius 3 is 2.20 bits per heavy atom. The summed E-state index contributed by atoms with van der Waals surface area (Å²) in [6.45, 7) is 2.10. The molecule has 7 rings (SSSR count). The van der Waals surface area contributed by atoms with Crippen molar-refractivity contribution in [1.29, 1.82) is 0 Å². The van der Waals surface area contributed by atoms with Crippen LogP contribution in [0.15, 0.2) is 115 Å². The minimum absolute atomic E-state index is 1.19. The van der Waals surface area contributed by atoms with Crippen molar-refractivity contribution >= 4 is 59.4 Å². The highest BCUT2D eigenvalue weighted by molar-refractivity contribution is 7.26. The number of rotatable bonds is 3.